The summed E-state index contributed by atoms with van der Waals surface area (Å²) in [7, 11) is 0. The SMILES string of the molecule is CC(=O)C=C(C)O.[Ir].[c-]1ccc(-c2nc(N(c3ccccc3)c3ccccc3)nc(N(c3ccccc3)c3ccccc3)n2)cc1-c1nccc2ccccc12. The van der Waals surface area contributed by atoms with E-state index in [4.69, 9.17) is 25.0 Å². The van der Waals surface area contributed by atoms with Crippen molar-refractivity contribution >= 4 is 51.2 Å². The van der Waals surface area contributed by atoms with Crippen LogP contribution in [0, 0.1) is 6.07 Å². The molecule has 0 unspecified atom stereocenters. The van der Waals surface area contributed by atoms with E-state index in [0.717, 1.165) is 50.3 Å². The molecule has 1 radical (unpaired) electrons. The van der Waals surface area contributed by atoms with Crippen LogP contribution in [0.1, 0.15) is 13.8 Å². The number of carbonyl (C=O) groups excluding carboxylic acids is 1. The number of para-hydroxylation sites is 4. The predicted molar refractivity (Wildman–Crippen MR) is 221 cm³/mol. The molecule has 0 saturated heterocycles. The molecule has 0 aliphatic heterocycles. The van der Waals surface area contributed by atoms with Crippen molar-refractivity contribution in [2.75, 3.05) is 9.80 Å². The molecule has 0 fully saturated rings. The second kappa shape index (κ2) is 18.5. The van der Waals surface area contributed by atoms with Gasteiger partial charge in [-0.15, -0.1) is 29.8 Å². The fraction of sp³-hybridized carbons (Fsp3) is 0.0426. The maximum absolute atomic E-state index is 10.0. The summed E-state index contributed by atoms with van der Waals surface area (Å²) in [4.78, 5) is 34.4. The van der Waals surface area contributed by atoms with Crippen LogP contribution in [-0.4, -0.2) is 30.8 Å². The third-order valence-corrected chi connectivity index (χ3v) is 8.47. The van der Waals surface area contributed by atoms with Crippen LogP contribution in [0.4, 0.5) is 34.6 Å². The molecule has 0 aliphatic carbocycles. The maximum atomic E-state index is 10.0. The number of rotatable bonds is 9. The van der Waals surface area contributed by atoms with Gasteiger partial charge in [0, 0.05) is 55.1 Å². The minimum absolute atomic E-state index is 0. The van der Waals surface area contributed by atoms with Gasteiger partial charge in [-0.2, -0.15) is 15.0 Å². The van der Waals surface area contributed by atoms with E-state index in [0.29, 0.717) is 17.7 Å². The standard InChI is InChI=1S/C42H29N6.C5H8O2.Ir/c1-5-19-34(20-6-1)47(35-21-7-2-8-22-35)41-44-40(33-18-15-17-32(30-33)39-38-27-14-13-16-31(38)28-29-43-39)45-42(46-41)48(36-23-9-3-10-24-36)37-25-11-4-12-26-37;1-4(6)3-5(2)7;/h1-16,18-30H;3,6H,1-2H3;/q-1;;. The van der Waals surface area contributed by atoms with Gasteiger partial charge in [0.2, 0.25) is 11.9 Å². The molecule has 2 heterocycles. The van der Waals surface area contributed by atoms with E-state index in [2.05, 4.69) is 82.6 Å². The number of aromatic nitrogens is 4. The van der Waals surface area contributed by atoms with E-state index < -0.39 is 0 Å². The zero-order chi connectivity index (χ0) is 38.0. The first-order valence-electron chi connectivity index (χ1n) is 17.8. The Balaban J connectivity index is 0.000000610. The number of anilines is 6. The molecule has 8 nitrogen and oxygen atoms in total. The van der Waals surface area contributed by atoms with E-state index >= 15 is 0 Å². The van der Waals surface area contributed by atoms with E-state index in [1.54, 1.807) is 0 Å². The molecule has 277 valence electrons. The molecule has 2 aromatic heterocycles. The quantitative estimate of drug-likeness (QED) is 0.0869. The summed E-state index contributed by atoms with van der Waals surface area (Å²) in [5.41, 5.74) is 6.26. The third kappa shape index (κ3) is 9.28. The van der Waals surface area contributed by atoms with Crippen molar-refractivity contribution in [3.8, 4) is 22.6 Å². The zero-order valence-corrected chi connectivity index (χ0v) is 33.1. The number of benzene rings is 6. The molecule has 9 heteroatoms. The molecular formula is C47H37IrN6O2-. The van der Waals surface area contributed by atoms with Crippen molar-refractivity contribution in [2.24, 2.45) is 0 Å². The van der Waals surface area contributed by atoms with Gasteiger partial charge in [0.05, 0.1) is 5.76 Å². The minimum Gasteiger partial charge on any atom is -0.512 e. The molecule has 8 aromatic rings. The number of nitrogens with zero attached hydrogens (tertiary/aromatic N) is 6. The summed E-state index contributed by atoms with van der Waals surface area (Å²) in [6.45, 7) is 2.85. The van der Waals surface area contributed by atoms with Gasteiger partial charge in [0.1, 0.15) is 5.82 Å². The van der Waals surface area contributed by atoms with Crippen LogP contribution in [-0.2, 0) is 24.9 Å². The first kappa shape index (κ1) is 38.9. The second-order valence-electron chi connectivity index (χ2n) is 12.5. The van der Waals surface area contributed by atoms with Crippen molar-refractivity contribution in [2.45, 2.75) is 13.8 Å². The Morgan fingerprint density at radius 1 is 0.607 bits per heavy atom. The number of hydrogen-bond acceptors (Lipinski definition) is 8. The molecule has 0 saturated carbocycles. The first-order valence-corrected chi connectivity index (χ1v) is 17.8. The van der Waals surface area contributed by atoms with Gasteiger partial charge in [-0.05, 0) is 84.9 Å². The number of aliphatic hydroxyl groups excluding tert-OH is 1. The van der Waals surface area contributed by atoms with Crippen LogP contribution >= 0.6 is 0 Å². The topological polar surface area (TPSA) is 95.3 Å². The summed E-state index contributed by atoms with van der Waals surface area (Å²) >= 11 is 0. The molecule has 0 bridgehead atoms. The Labute approximate surface area is 339 Å². The molecule has 8 rings (SSSR count). The van der Waals surface area contributed by atoms with Gasteiger partial charge in [0.25, 0.3) is 0 Å². The summed E-state index contributed by atoms with van der Waals surface area (Å²) < 4.78 is 0. The van der Waals surface area contributed by atoms with Crippen molar-refractivity contribution in [1.82, 2.24) is 19.9 Å². The first-order chi connectivity index (χ1) is 26.9. The normalized spacial score (nSPS) is 10.8. The number of fused-ring (bicyclic) bond motifs is 1. The van der Waals surface area contributed by atoms with E-state index in [1.807, 2.05) is 109 Å². The second-order valence-corrected chi connectivity index (χ2v) is 12.5. The Bertz CT molecular complexity index is 2370. The van der Waals surface area contributed by atoms with E-state index in [9.17, 15) is 4.79 Å². The molecule has 0 spiro atoms. The summed E-state index contributed by atoms with van der Waals surface area (Å²) in [6, 6.07) is 60.3. The summed E-state index contributed by atoms with van der Waals surface area (Å²) in [6.07, 6.45) is 3.01. The number of aliphatic hydroxyl groups is 1. The van der Waals surface area contributed by atoms with Crippen LogP contribution in [0.15, 0.2) is 188 Å². The monoisotopic (exact) mass is 910 g/mol. The number of hydrogen-bond donors (Lipinski definition) is 1. The fourth-order valence-corrected chi connectivity index (χ4v) is 6.12. The molecule has 0 aliphatic rings. The average molecular weight is 910 g/mol. The largest absolute Gasteiger partial charge is 0.512 e. The van der Waals surface area contributed by atoms with Crippen LogP contribution in [0.2, 0.25) is 0 Å². The number of allylic oxidation sites excluding steroid dienone is 2. The van der Waals surface area contributed by atoms with Gasteiger partial charge < -0.3 is 10.1 Å². The van der Waals surface area contributed by atoms with Crippen molar-refractivity contribution in [3.63, 3.8) is 0 Å². The molecule has 1 N–H and O–H groups in total. The number of carbonyl (C=O) groups is 1. The van der Waals surface area contributed by atoms with E-state index in [1.165, 1.54) is 19.9 Å². The van der Waals surface area contributed by atoms with Crippen LogP contribution < -0.4 is 9.80 Å². The summed E-state index contributed by atoms with van der Waals surface area (Å²) in [5, 5.41) is 10.5. The van der Waals surface area contributed by atoms with Crippen LogP contribution in [0.5, 0.6) is 0 Å². The van der Waals surface area contributed by atoms with Crippen LogP contribution in [0.3, 0.4) is 0 Å². The van der Waals surface area contributed by atoms with Crippen molar-refractivity contribution < 1.29 is 30.0 Å². The van der Waals surface area contributed by atoms with Gasteiger partial charge >= 0.3 is 0 Å². The minimum atomic E-state index is -0.125. The Hall–Kier alpha value is -6.80. The Morgan fingerprint density at radius 2 is 1.07 bits per heavy atom. The maximum Gasteiger partial charge on any atom is 0.239 e. The predicted octanol–water partition coefficient (Wildman–Crippen LogP) is 11.5. The number of ketones is 1. The molecule has 0 atom stereocenters. The van der Waals surface area contributed by atoms with Crippen LogP contribution in [0.25, 0.3) is 33.4 Å². The molecule has 6 aromatic carbocycles. The average Bonchev–Trinajstić information content (AvgIpc) is 3.22. The Morgan fingerprint density at radius 3 is 1.52 bits per heavy atom. The molecule has 56 heavy (non-hydrogen) atoms. The number of pyridine rings is 1. The smallest absolute Gasteiger partial charge is 0.239 e. The molecular weight excluding hydrogens is 873 g/mol. The fourth-order valence-electron chi connectivity index (χ4n) is 6.12. The van der Waals surface area contributed by atoms with Gasteiger partial charge in [-0.25, -0.2) is 0 Å². The Kier molecular flexibility index (Phi) is 12.8. The van der Waals surface area contributed by atoms with Gasteiger partial charge in [-0.1, -0.05) is 103 Å². The zero-order valence-electron chi connectivity index (χ0n) is 30.7. The van der Waals surface area contributed by atoms with Crippen molar-refractivity contribution in [3.05, 3.63) is 194 Å². The third-order valence-electron chi connectivity index (χ3n) is 8.47. The van der Waals surface area contributed by atoms with Gasteiger partial charge in [-0.3, -0.25) is 14.6 Å². The van der Waals surface area contributed by atoms with E-state index in [-0.39, 0.29) is 31.6 Å². The molecule has 0 amide bonds. The summed E-state index contributed by atoms with van der Waals surface area (Å²) in [5.74, 6) is 1.44. The van der Waals surface area contributed by atoms with Gasteiger partial charge in [0.15, 0.2) is 5.78 Å². The van der Waals surface area contributed by atoms with Crippen molar-refractivity contribution in [1.29, 1.82) is 0 Å².